The molecule has 130 valence electrons. The summed E-state index contributed by atoms with van der Waals surface area (Å²) >= 11 is 0. The van der Waals surface area contributed by atoms with Gasteiger partial charge >= 0.3 is 0 Å². The van der Waals surface area contributed by atoms with Crippen molar-refractivity contribution in [2.75, 3.05) is 40.5 Å². The molecule has 1 amide bonds. The average molecular weight is 339 g/mol. The van der Waals surface area contributed by atoms with Crippen LogP contribution in [0.5, 0.6) is 0 Å². The molecule has 0 fully saturated rings. The topological polar surface area (TPSA) is 75.5 Å². The van der Waals surface area contributed by atoms with Gasteiger partial charge in [0.2, 0.25) is 0 Å². The van der Waals surface area contributed by atoms with E-state index in [2.05, 4.69) is 11.1 Å². The van der Waals surface area contributed by atoms with E-state index in [0.717, 1.165) is 5.56 Å². The lowest BCUT2D eigenvalue weighted by molar-refractivity contribution is 0.0627. The fourth-order valence-corrected chi connectivity index (χ4v) is 2.45. The Kier molecular flexibility index (Phi) is 7.08. The molecule has 0 radical (unpaired) electrons. The van der Waals surface area contributed by atoms with Crippen molar-refractivity contribution in [3.63, 3.8) is 0 Å². The smallest absolute Gasteiger partial charge is 0.254 e. The molecule has 0 atom stereocenters. The first kappa shape index (κ1) is 18.6. The number of nitrogens with zero attached hydrogens (tertiary/aromatic N) is 3. The molecule has 0 N–H and O–H groups in total. The number of benzene rings is 1. The first-order valence-electron chi connectivity index (χ1n) is 7.94. The summed E-state index contributed by atoms with van der Waals surface area (Å²) in [6.07, 6.45) is 1.58. The van der Waals surface area contributed by atoms with E-state index in [-0.39, 0.29) is 5.91 Å². The summed E-state index contributed by atoms with van der Waals surface area (Å²) in [5.41, 5.74) is 2.38. The van der Waals surface area contributed by atoms with E-state index in [1.54, 1.807) is 43.5 Å². The van der Waals surface area contributed by atoms with Crippen LogP contribution in [-0.2, 0) is 9.47 Å². The number of amides is 1. The normalized spacial score (nSPS) is 10.3. The monoisotopic (exact) mass is 339 g/mol. The van der Waals surface area contributed by atoms with Crippen molar-refractivity contribution in [3.8, 4) is 17.2 Å². The Morgan fingerprint density at radius 2 is 1.88 bits per heavy atom. The predicted molar refractivity (Wildman–Crippen MR) is 94.0 cm³/mol. The van der Waals surface area contributed by atoms with Crippen molar-refractivity contribution < 1.29 is 14.3 Å². The highest BCUT2D eigenvalue weighted by Crippen LogP contribution is 2.23. The molecule has 0 saturated heterocycles. The number of hydrogen-bond acceptors (Lipinski definition) is 5. The maximum Gasteiger partial charge on any atom is 0.254 e. The third kappa shape index (κ3) is 4.86. The molecule has 0 unspecified atom stereocenters. The number of hydrogen-bond donors (Lipinski definition) is 0. The molecule has 0 saturated carbocycles. The highest BCUT2D eigenvalue weighted by Gasteiger charge is 2.16. The number of carbonyl (C=O) groups is 1. The number of nitriles is 1. The zero-order chi connectivity index (χ0) is 18.1. The van der Waals surface area contributed by atoms with Crippen LogP contribution in [0.25, 0.3) is 11.1 Å². The number of rotatable bonds is 8. The van der Waals surface area contributed by atoms with Gasteiger partial charge in [0.25, 0.3) is 5.91 Å². The molecule has 6 nitrogen and oxygen atoms in total. The van der Waals surface area contributed by atoms with Gasteiger partial charge in [0, 0.05) is 44.6 Å². The number of ether oxygens (including phenoxy) is 2. The van der Waals surface area contributed by atoms with Gasteiger partial charge in [0.1, 0.15) is 11.8 Å². The Morgan fingerprint density at radius 3 is 2.52 bits per heavy atom. The first-order valence-corrected chi connectivity index (χ1v) is 7.94. The number of carbonyl (C=O) groups excluding carboxylic acids is 1. The molecule has 0 spiro atoms. The summed E-state index contributed by atoms with van der Waals surface area (Å²) in [6, 6.07) is 12.9. The third-order valence-corrected chi connectivity index (χ3v) is 3.75. The molecule has 25 heavy (non-hydrogen) atoms. The van der Waals surface area contributed by atoms with Crippen molar-refractivity contribution >= 4 is 5.91 Å². The second kappa shape index (κ2) is 9.52. The van der Waals surface area contributed by atoms with Crippen LogP contribution in [0, 0.1) is 11.3 Å². The third-order valence-electron chi connectivity index (χ3n) is 3.75. The zero-order valence-electron chi connectivity index (χ0n) is 14.4. The molecule has 1 heterocycles. The highest BCUT2D eigenvalue weighted by molar-refractivity contribution is 5.95. The lowest BCUT2D eigenvalue weighted by atomic mass is 10.0. The van der Waals surface area contributed by atoms with Crippen LogP contribution >= 0.6 is 0 Å². The summed E-state index contributed by atoms with van der Waals surface area (Å²) in [5.74, 6) is -0.0988. The largest absolute Gasteiger partial charge is 0.383 e. The van der Waals surface area contributed by atoms with E-state index in [1.165, 1.54) is 0 Å². The highest BCUT2D eigenvalue weighted by atomic mass is 16.5. The molecule has 2 aromatic rings. The lowest BCUT2D eigenvalue weighted by Gasteiger charge is -2.22. The Bertz CT molecular complexity index is 748. The van der Waals surface area contributed by atoms with Gasteiger partial charge < -0.3 is 14.4 Å². The second-order valence-electron chi connectivity index (χ2n) is 5.37. The minimum atomic E-state index is -0.0988. The summed E-state index contributed by atoms with van der Waals surface area (Å²) in [5, 5.41) is 9.23. The number of aromatic nitrogens is 1. The molecule has 2 rings (SSSR count). The number of methoxy groups -OCH3 is 2. The minimum absolute atomic E-state index is 0.0988. The summed E-state index contributed by atoms with van der Waals surface area (Å²) < 4.78 is 10.2. The Hall–Kier alpha value is -2.75. The summed E-state index contributed by atoms with van der Waals surface area (Å²) in [7, 11) is 3.21. The van der Waals surface area contributed by atoms with E-state index in [0.29, 0.717) is 43.1 Å². The molecule has 0 bridgehead atoms. The lowest BCUT2D eigenvalue weighted by Crippen LogP contribution is -2.36. The molecule has 0 aliphatic carbocycles. The van der Waals surface area contributed by atoms with Crippen LogP contribution in [0.3, 0.4) is 0 Å². The Balaban J connectivity index is 2.29. The van der Waals surface area contributed by atoms with Gasteiger partial charge in [-0.05, 0) is 29.8 Å². The molecule has 6 heteroatoms. The van der Waals surface area contributed by atoms with E-state index < -0.39 is 0 Å². The average Bonchev–Trinajstić information content (AvgIpc) is 2.67. The van der Waals surface area contributed by atoms with Crippen molar-refractivity contribution in [2.24, 2.45) is 0 Å². The van der Waals surface area contributed by atoms with Gasteiger partial charge in [-0.3, -0.25) is 4.79 Å². The van der Waals surface area contributed by atoms with Crippen LogP contribution in [0.15, 0.2) is 42.6 Å². The fraction of sp³-hybridized carbons (Fsp3) is 0.316. The molecular weight excluding hydrogens is 318 g/mol. The van der Waals surface area contributed by atoms with Gasteiger partial charge in [-0.1, -0.05) is 12.1 Å². The zero-order valence-corrected chi connectivity index (χ0v) is 14.4. The van der Waals surface area contributed by atoms with Crippen molar-refractivity contribution in [2.45, 2.75) is 0 Å². The SMILES string of the molecule is COCCN(CCOC)C(=O)c1cccc(-c2cccnc2C#N)c1. The molecular formula is C19H21N3O3. The van der Waals surface area contributed by atoms with Gasteiger partial charge in [0.15, 0.2) is 0 Å². The molecule has 1 aromatic heterocycles. The quantitative estimate of drug-likeness (QED) is 0.738. The first-order chi connectivity index (χ1) is 12.2. The van der Waals surface area contributed by atoms with Crippen molar-refractivity contribution in [3.05, 3.63) is 53.9 Å². The molecule has 1 aromatic carbocycles. The van der Waals surface area contributed by atoms with Crippen LogP contribution in [0.1, 0.15) is 16.1 Å². The van der Waals surface area contributed by atoms with Crippen molar-refractivity contribution in [1.29, 1.82) is 5.26 Å². The Labute approximate surface area is 147 Å². The number of pyridine rings is 1. The molecule has 0 aliphatic rings. The maximum atomic E-state index is 12.8. The Morgan fingerprint density at radius 1 is 1.16 bits per heavy atom. The van der Waals surface area contributed by atoms with E-state index in [4.69, 9.17) is 9.47 Å². The predicted octanol–water partition coefficient (Wildman–Crippen LogP) is 2.36. The second-order valence-corrected chi connectivity index (χ2v) is 5.37. The standard InChI is InChI=1S/C19H21N3O3/c1-24-11-9-22(10-12-25-2)19(23)16-6-3-5-15(13-16)17-7-4-8-21-18(17)14-20/h3-8,13H,9-12H2,1-2H3. The minimum Gasteiger partial charge on any atom is -0.383 e. The van der Waals surface area contributed by atoms with E-state index >= 15 is 0 Å². The maximum absolute atomic E-state index is 12.8. The van der Waals surface area contributed by atoms with Crippen molar-refractivity contribution in [1.82, 2.24) is 9.88 Å². The van der Waals surface area contributed by atoms with Gasteiger partial charge in [-0.2, -0.15) is 5.26 Å². The summed E-state index contributed by atoms with van der Waals surface area (Å²) in [6.45, 7) is 1.88. The summed E-state index contributed by atoms with van der Waals surface area (Å²) in [4.78, 5) is 18.6. The van der Waals surface area contributed by atoms with Crippen LogP contribution in [0.2, 0.25) is 0 Å². The van der Waals surface area contributed by atoms with Crippen LogP contribution in [-0.4, -0.2) is 56.3 Å². The fourth-order valence-electron chi connectivity index (χ4n) is 2.45. The van der Waals surface area contributed by atoms with Gasteiger partial charge in [0.05, 0.1) is 13.2 Å². The van der Waals surface area contributed by atoms with Crippen LogP contribution in [0.4, 0.5) is 0 Å². The van der Waals surface area contributed by atoms with Gasteiger partial charge in [-0.25, -0.2) is 4.98 Å². The molecule has 0 aliphatic heterocycles. The van der Waals surface area contributed by atoms with Gasteiger partial charge in [-0.15, -0.1) is 0 Å². The van der Waals surface area contributed by atoms with Crippen LogP contribution < -0.4 is 0 Å². The van der Waals surface area contributed by atoms with E-state index in [9.17, 15) is 10.1 Å². The van der Waals surface area contributed by atoms with E-state index in [1.807, 2.05) is 18.2 Å².